The van der Waals surface area contributed by atoms with Gasteiger partial charge in [-0.25, -0.2) is 4.98 Å². The van der Waals surface area contributed by atoms with Crippen LogP contribution in [-0.4, -0.2) is 49.6 Å². The molecule has 0 atom stereocenters. The maximum atomic E-state index is 12.9. The van der Waals surface area contributed by atoms with Crippen LogP contribution in [0.2, 0.25) is 0 Å². The van der Waals surface area contributed by atoms with Gasteiger partial charge < -0.3 is 14.4 Å². The zero-order valence-corrected chi connectivity index (χ0v) is 14.4. The van der Waals surface area contributed by atoms with Gasteiger partial charge in [0, 0.05) is 32.0 Å². The predicted molar refractivity (Wildman–Crippen MR) is 87.1 cm³/mol. The predicted octanol–water partition coefficient (Wildman–Crippen LogP) is 2.85. The molecular weight excluding hydrogens is 353 g/mol. The number of nitrogens with zero attached hydrogens (tertiary/aromatic N) is 2. The largest absolute Gasteiger partial charge is 0.466 e. The van der Waals surface area contributed by atoms with E-state index in [1.165, 1.54) is 0 Å². The number of rotatable bonds is 7. The van der Waals surface area contributed by atoms with Crippen molar-refractivity contribution >= 4 is 18.1 Å². The first kappa shape index (κ1) is 20.2. The third-order valence-corrected chi connectivity index (χ3v) is 4.12. The van der Waals surface area contributed by atoms with Crippen molar-refractivity contribution in [1.82, 2.24) is 4.98 Å². The van der Waals surface area contributed by atoms with E-state index in [0.29, 0.717) is 38.5 Å². The Morgan fingerprint density at radius 1 is 1.42 bits per heavy atom. The highest BCUT2D eigenvalue weighted by atomic mass is 19.4. The zero-order chi connectivity index (χ0) is 19.2. The maximum Gasteiger partial charge on any atom is 0.417 e. The molecule has 1 aliphatic rings. The van der Waals surface area contributed by atoms with Crippen LogP contribution in [-0.2, 0) is 20.4 Å². The van der Waals surface area contributed by atoms with E-state index < -0.39 is 17.7 Å². The molecule has 6 nitrogen and oxygen atoms in total. The Kier molecular flexibility index (Phi) is 6.96. The molecule has 2 rings (SSSR count). The van der Waals surface area contributed by atoms with Gasteiger partial charge >= 0.3 is 12.1 Å². The maximum absolute atomic E-state index is 12.9. The number of hydrogen-bond acceptors (Lipinski definition) is 6. The van der Waals surface area contributed by atoms with Crippen LogP contribution in [0, 0.1) is 0 Å². The minimum absolute atomic E-state index is 0.0478. The van der Waals surface area contributed by atoms with E-state index in [1.807, 2.05) is 0 Å². The number of alkyl halides is 3. The van der Waals surface area contributed by atoms with Crippen LogP contribution in [0.5, 0.6) is 0 Å². The Balaban J connectivity index is 2.30. The highest BCUT2D eigenvalue weighted by Crippen LogP contribution is 2.32. The van der Waals surface area contributed by atoms with Crippen molar-refractivity contribution in [2.75, 3.05) is 31.3 Å². The van der Waals surface area contributed by atoms with Crippen LogP contribution in [0.3, 0.4) is 0 Å². The van der Waals surface area contributed by atoms with Gasteiger partial charge in [-0.05, 0) is 25.8 Å². The second-order valence-corrected chi connectivity index (χ2v) is 5.84. The fraction of sp³-hybridized carbons (Fsp3) is 0.588. The molecule has 26 heavy (non-hydrogen) atoms. The number of aromatic nitrogens is 1. The minimum Gasteiger partial charge on any atom is -0.466 e. The van der Waals surface area contributed by atoms with E-state index in [2.05, 4.69) is 4.98 Å². The first-order valence-electron chi connectivity index (χ1n) is 8.39. The summed E-state index contributed by atoms with van der Waals surface area (Å²) in [6.45, 7) is 3.13. The molecule has 1 aliphatic heterocycles. The average Bonchev–Trinajstić information content (AvgIpc) is 2.62. The molecule has 1 aromatic rings. The number of carbonyl (C=O) groups is 2. The number of pyridine rings is 1. The third-order valence-electron chi connectivity index (χ3n) is 4.12. The summed E-state index contributed by atoms with van der Waals surface area (Å²) in [6, 6.07) is 0.701. The van der Waals surface area contributed by atoms with Crippen LogP contribution in [0.15, 0.2) is 12.3 Å². The van der Waals surface area contributed by atoms with Gasteiger partial charge in [0.15, 0.2) is 6.29 Å². The lowest BCUT2D eigenvalue weighted by Crippen LogP contribution is -2.42. The van der Waals surface area contributed by atoms with Gasteiger partial charge in [0.2, 0.25) is 0 Å². The Labute approximate surface area is 149 Å². The minimum atomic E-state index is -4.59. The number of carbonyl (C=O) groups excluding carboxylic acids is 2. The molecule has 0 aliphatic carbocycles. The van der Waals surface area contributed by atoms with Crippen LogP contribution in [0.25, 0.3) is 0 Å². The van der Waals surface area contributed by atoms with Crippen molar-refractivity contribution in [3.8, 4) is 0 Å². The normalized spacial score (nSPS) is 15.5. The second-order valence-electron chi connectivity index (χ2n) is 5.84. The van der Waals surface area contributed by atoms with E-state index in [9.17, 15) is 22.8 Å². The van der Waals surface area contributed by atoms with E-state index in [-0.39, 0.29) is 37.0 Å². The summed E-state index contributed by atoms with van der Waals surface area (Å²) in [5, 5.41) is 0. The molecule has 9 heteroatoms. The smallest absolute Gasteiger partial charge is 0.417 e. The molecule has 0 N–H and O–H groups in total. The summed E-state index contributed by atoms with van der Waals surface area (Å²) in [5.41, 5.74) is -1.14. The van der Waals surface area contributed by atoms with Crippen LogP contribution in [0.1, 0.15) is 42.1 Å². The molecule has 1 saturated heterocycles. The molecule has 144 valence electrons. The standard InChI is InChI=1S/C17H21F3N2O4/c1-2-26-15(24)3-6-22(14-4-7-25-8-5-14)16-12(11-23)9-13(10-21-16)17(18,19)20/h9-11,14H,2-8H2,1H3. The van der Waals surface area contributed by atoms with Gasteiger partial charge in [-0.15, -0.1) is 0 Å². The molecule has 0 radical (unpaired) electrons. The quantitative estimate of drug-likeness (QED) is 0.540. The number of halogens is 3. The average molecular weight is 374 g/mol. The fourth-order valence-electron chi connectivity index (χ4n) is 2.86. The first-order valence-corrected chi connectivity index (χ1v) is 8.39. The summed E-state index contributed by atoms with van der Waals surface area (Å²) in [4.78, 5) is 28.7. The van der Waals surface area contributed by atoms with E-state index in [1.54, 1.807) is 11.8 Å². The van der Waals surface area contributed by atoms with Gasteiger partial charge in [-0.3, -0.25) is 9.59 Å². The van der Waals surface area contributed by atoms with E-state index >= 15 is 0 Å². The van der Waals surface area contributed by atoms with Gasteiger partial charge in [-0.2, -0.15) is 13.2 Å². The lowest BCUT2D eigenvalue weighted by atomic mass is 10.1. The molecule has 0 bridgehead atoms. The topological polar surface area (TPSA) is 68.7 Å². The van der Waals surface area contributed by atoms with Crippen LogP contribution >= 0.6 is 0 Å². The molecule has 0 spiro atoms. The molecule has 0 aromatic carbocycles. The molecular formula is C17H21F3N2O4. The van der Waals surface area contributed by atoms with Crippen molar-refractivity contribution < 1.29 is 32.2 Å². The Bertz CT molecular complexity index is 631. The molecule has 0 saturated carbocycles. The highest BCUT2D eigenvalue weighted by Gasteiger charge is 2.33. The molecule has 1 aromatic heterocycles. The first-order chi connectivity index (χ1) is 12.4. The summed E-state index contributed by atoms with van der Waals surface area (Å²) >= 11 is 0. The summed E-state index contributed by atoms with van der Waals surface area (Å²) in [7, 11) is 0. The second kappa shape index (κ2) is 8.98. The van der Waals surface area contributed by atoms with Crippen molar-refractivity contribution in [1.29, 1.82) is 0 Å². The van der Waals surface area contributed by atoms with Gasteiger partial charge in [0.05, 0.1) is 24.2 Å². The van der Waals surface area contributed by atoms with Gasteiger partial charge in [-0.1, -0.05) is 0 Å². The van der Waals surface area contributed by atoms with Gasteiger partial charge in [0.1, 0.15) is 5.82 Å². The lowest BCUT2D eigenvalue weighted by molar-refractivity contribution is -0.143. The highest BCUT2D eigenvalue weighted by molar-refractivity contribution is 5.83. The van der Waals surface area contributed by atoms with Gasteiger partial charge in [0.25, 0.3) is 0 Å². The lowest BCUT2D eigenvalue weighted by Gasteiger charge is -2.35. The SMILES string of the molecule is CCOC(=O)CCN(c1ncc(C(F)(F)F)cc1C=O)C1CCOCC1. The summed E-state index contributed by atoms with van der Waals surface area (Å²) in [6.07, 6.45) is -2.22. The third kappa shape index (κ3) is 5.17. The zero-order valence-electron chi connectivity index (χ0n) is 14.4. The van der Waals surface area contributed by atoms with Crippen molar-refractivity contribution in [2.24, 2.45) is 0 Å². The molecule has 0 unspecified atom stereocenters. The monoisotopic (exact) mass is 374 g/mol. The molecule has 1 fully saturated rings. The summed E-state index contributed by atoms with van der Waals surface area (Å²) < 4.78 is 48.9. The molecule has 2 heterocycles. The number of anilines is 1. The summed E-state index contributed by atoms with van der Waals surface area (Å²) in [5.74, 6) is -0.270. The number of ether oxygens (including phenoxy) is 2. The van der Waals surface area contributed by atoms with Crippen molar-refractivity contribution in [3.05, 3.63) is 23.4 Å². The number of hydrogen-bond donors (Lipinski definition) is 0. The molecule has 0 amide bonds. The van der Waals surface area contributed by atoms with Crippen molar-refractivity contribution in [3.63, 3.8) is 0 Å². The Morgan fingerprint density at radius 3 is 2.69 bits per heavy atom. The number of esters is 1. The van der Waals surface area contributed by atoms with Crippen LogP contribution < -0.4 is 4.90 Å². The van der Waals surface area contributed by atoms with Crippen LogP contribution in [0.4, 0.5) is 19.0 Å². The van der Waals surface area contributed by atoms with E-state index in [4.69, 9.17) is 9.47 Å². The number of aldehydes is 1. The Morgan fingerprint density at radius 2 is 2.12 bits per heavy atom. The van der Waals surface area contributed by atoms with Crippen molar-refractivity contribution in [2.45, 2.75) is 38.4 Å². The van der Waals surface area contributed by atoms with E-state index in [0.717, 1.165) is 6.07 Å². The Hall–Kier alpha value is -2.16. The fourth-order valence-corrected chi connectivity index (χ4v) is 2.86.